The summed E-state index contributed by atoms with van der Waals surface area (Å²) >= 11 is 0. The maximum atomic E-state index is 5.71. The zero-order chi connectivity index (χ0) is 12.5. The Bertz CT molecular complexity index is 550. The summed E-state index contributed by atoms with van der Waals surface area (Å²) in [7, 11) is 2.16. The van der Waals surface area contributed by atoms with Crippen LogP contribution in [0.3, 0.4) is 0 Å². The third-order valence-electron chi connectivity index (χ3n) is 4.03. The van der Waals surface area contributed by atoms with E-state index < -0.39 is 0 Å². The molecule has 1 aliphatic rings. The Balaban J connectivity index is 1.94. The lowest BCUT2D eigenvalue weighted by molar-refractivity contribution is 0.324. The SMILES string of the molecule is Cn1c(CN2CCCC2)cc2ccc(CN)cc21. The molecule has 0 atom stereocenters. The Kier molecular flexibility index (Phi) is 3.10. The molecular weight excluding hydrogens is 222 g/mol. The number of rotatable bonds is 3. The van der Waals surface area contributed by atoms with E-state index in [-0.39, 0.29) is 0 Å². The molecule has 0 bridgehead atoms. The third kappa shape index (κ3) is 2.04. The molecule has 1 saturated heterocycles. The molecule has 18 heavy (non-hydrogen) atoms. The van der Waals surface area contributed by atoms with Crippen LogP contribution in [0.1, 0.15) is 24.1 Å². The monoisotopic (exact) mass is 243 g/mol. The average molecular weight is 243 g/mol. The van der Waals surface area contributed by atoms with Crippen LogP contribution in [0, 0.1) is 0 Å². The van der Waals surface area contributed by atoms with Gasteiger partial charge in [-0.3, -0.25) is 4.90 Å². The van der Waals surface area contributed by atoms with Crippen molar-refractivity contribution >= 4 is 10.9 Å². The van der Waals surface area contributed by atoms with Gasteiger partial charge in [0.1, 0.15) is 0 Å². The smallest absolute Gasteiger partial charge is 0.0483 e. The second-order valence-corrected chi connectivity index (χ2v) is 5.28. The molecule has 3 rings (SSSR count). The zero-order valence-electron chi connectivity index (χ0n) is 11.0. The molecule has 2 heterocycles. The average Bonchev–Trinajstić information content (AvgIpc) is 2.99. The van der Waals surface area contributed by atoms with Crippen LogP contribution in [0.2, 0.25) is 0 Å². The van der Waals surface area contributed by atoms with Crippen LogP contribution in [-0.4, -0.2) is 22.6 Å². The van der Waals surface area contributed by atoms with Crippen molar-refractivity contribution in [2.75, 3.05) is 13.1 Å². The van der Waals surface area contributed by atoms with E-state index in [1.165, 1.54) is 48.1 Å². The van der Waals surface area contributed by atoms with Crippen molar-refractivity contribution in [2.24, 2.45) is 12.8 Å². The van der Waals surface area contributed by atoms with Gasteiger partial charge in [0.05, 0.1) is 0 Å². The van der Waals surface area contributed by atoms with Crippen LogP contribution in [0.25, 0.3) is 10.9 Å². The summed E-state index contributed by atoms with van der Waals surface area (Å²) in [4.78, 5) is 2.54. The molecule has 0 aliphatic carbocycles. The predicted molar refractivity (Wildman–Crippen MR) is 75.3 cm³/mol. The number of nitrogens with zero attached hydrogens (tertiary/aromatic N) is 2. The maximum Gasteiger partial charge on any atom is 0.0483 e. The van der Waals surface area contributed by atoms with E-state index in [1.54, 1.807) is 0 Å². The number of hydrogen-bond donors (Lipinski definition) is 1. The molecule has 3 heteroatoms. The lowest BCUT2D eigenvalue weighted by Crippen LogP contribution is -2.19. The minimum atomic E-state index is 0.614. The minimum Gasteiger partial charge on any atom is -0.346 e. The fourth-order valence-corrected chi connectivity index (χ4v) is 2.88. The van der Waals surface area contributed by atoms with Gasteiger partial charge in [-0.25, -0.2) is 0 Å². The van der Waals surface area contributed by atoms with Gasteiger partial charge < -0.3 is 10.3 Å². The minimum absolute atomic E-state index is 0.614. The number of fused-ring (bicyclic) bond motifs is 1. The van der Waals surface area contributed by atoms with Crippen molar-refractivity contribution in [1.82, 2.24) is 9.47 Å². The molecule has 0 radical (unpaired) electrons. The van der Waals surface area contributed by atoms with Crippen LogP contribution >= 0.6 is 0 Å². The van der Waals surface area contributed by atoms with Crippen LogP contribution in [-0.2, 0) is 20.1 Å². The summed E-state index contributed by atoms with van der Waals surface area (Å²) in [5.41, 5.74) is 9.62. The molecule has 2 aromatic rings. The number of aromatic nitrogens is 1. The van der Waals surface area contributed by atoms with Gasteiger partial charge in [0.25, 0.3) is 0 Å². The molecule has 1 aliphatic heterocycles. The highest BCUT2D eigenvalue weighted by Crippen LogP contribution is 2.22. The molecule has 2 N–H and O–H groups in total. The van der Waals surface area contributed by atoms with Crippen molar-refractivity contribution < 1.29 is 0 Å². The van der Waals surface area contributed by atoms with Gasteiger partial charge in [-0.2, -0.15) is 0 Å². The highest BCUT2D eigenvalue weighted by atomic mass is 15.2. The van der Waals surface area contributed by atoms with Gasteiger partial charge in [-0.1, -0.05) is 12.1 Å². The summed E-state index contributed by atoms with van der Waals surface area (Å²) in [6, 6.07) is 8.84. The van der Waals surface area contributed by atoms with Crippen LogP contribution < -0.4 is 5.73 Å². The number of nitrogens with two attached hydrogens (primary N) is 1. The molecule has 1 aromatic carbocycles. The number of aryl methyl sites for hydroxylation is 1. The molecule has 0 amide bonds. The second-order valence-electron chi connectivity index (χ2n) is 5.28. The normalized spacial score (nSPS) is 16.8. The van der Waals surface area contributed by atoms with E-state index in [1.807, 2.05) is 0 Å². The zero-order valence-corrected chi connectivity index (χ0v) is 11.0. The van der Waals surface area contributed by atoms with Crippen LogP contribution in [0.5, 0.6) is 0 Å². The van der Waals surface area contributed by atoms with Crippen molar-refractivity contribution in [3.63, 3.8) is 0 Å². The second kappa shape index (κ2) is 4.75. The Labute approximate surface area is 108 Å². The maximum absolute atomic E-state index is 5.71. The van der Waals surface area contributed by atoms with E-state index >= 15 is 0 Å². The Morgan fingerprint density at radius 2 is 1.94 bits per heavy atom. The number of hydrogen-bond acceptors (Lipinski definition) is 2. The van der Waals surface area contributed by atoms with Gasteiger partial charge in [-0.15, -0.1) is 0 Å². The molecule has 0 saturated carbocycles. The first kappa shape index (κ1) is 11.8. The Morgan fingerprint density at radius 3 is 2.67 bits per heavy atom. The largest absolute Gasteiger partial charge is 0.346 e. The van der Waals surface area contributed by atoms with Crippen molar-refractivity contribution in [2.45, 2.75) is 25.9 Å². The predicted octanol–water partition coefficient (Wildman–Crippen LogP) is 2.23. The lowest BCUT2D eigenvalue weighted by Gasteiger charge is -2.15. The number of likely N-dealkylation sites (tertiary alicyclic amines) is 1. The summed E-state index contributed by atoms with van der Waals surface area (Å²) in [6.07, 6.45) is 2.70. The van der Waals surface area contributed by atoms with Gasteiger partial charge in [-0.05, 0) is 49.0 Å². The highest BCUT2D eigenvalue weighted by molar-refractivity contribution is 5.82. The quantitative estimate of drug-likeness (QED) is 0.897. The Hall–Kier alpha value is -1.32. The molecule has 1 fully saturated rings. The van der Waals surface area contributed by atoms with Gasteiger partial charge in [0.2, 0.25) is 0 Å². The summed E-state index contributed by atoms with van der Waals surface area (Å²) in [5, 5.41) is 1.32. The van der Waals surface area contributed by atoms with E-state index in [2.05, 4.69) is 40.8 Å². The summed E-state index contributed by atoms with van der Waals surface area (Å²) in [6.45, 7) is 4.18. The fraction of sp³-hybridized carbons (Fsp3) is 0.467. The lowest BCUT2D eigenvalue weighted by atomic mass is 10.1. The summed E-state index contributed by atoms with van der Waals surface area (Å²) in [5.74, 6) is 0. The van der Waals surface area contributed by atoms with Gasteiger partial charge in [0, 0.05) is 31.3 Å². The fourth-order valence-electron chi connectivity index (χ4n) is 2.88. The standard InChI is InChI=1S/C15H21N3/c1-17-14(11-18-6-2-3-7-18)9-13-5-4-12(10-16)8-15(13)17/h4-5,8-9H,2-3,6-7,10-11,16H2,1H3. The van der Waals surface area contributed by atoms with E-state index in [4.69, 9.17) is 5.73 Å². The van der Waals surface area contributed by atoms with Crippen molar-refractivity contribution in [3.8, 4) is 0 Å². The van der Waals surface area contributed by atoms with Crippen molar-refractivity contribution in [1.29, 1.82) is 0 Å². The summed E-state index contributed by atoms with van der Waals surface area (Å²) < 4.78 is 2.31. The first-order valence-corrected chi connectivity index (χ1v) is 6.77. The number of benzene rings is 1. The van der Waals surface area contributed by atoms with Gasteiger partial charge in [0.15, 0.2) is 0 Å². The van der Waals surface area contributed by atoms with E-state index in [0.29, 0.717) is 6.54 Å². The molecule has 0 unspecified atom stereocenters. The van der Waals surface area contributed by atoms with Crippen molar-refractivity contribution in [3.05, 3.63) is 35.5 Å². The van der Waals surface area contributed by atoms with Crippen LogP contribution in [0.15, 0.2) is 24.3 Å². The topological polar surface area (TPSA) is 34.2 Å². The molecule has 1 aromatic heterocycles. The highest BCUT2D eigenvalue weighted by Gasteiger charge is 2.14. The molecule has 3 nitrogen and oxygen atoms in total. The van der Waals surface area contributed by atoms with E-state index in [9.17, 15) is 0 Å². The molecule has 96 valence electrons. The van der Waals surface area contributed by atoms with E-state index in [0.717, 1.165) is 6.54 Å². The molecular formula is C15H21N3. The third-order valence-corrected chi connectivity index (χ3v) is 4.03. The first-order chi connectivity index (χ1) is 8.78. The molecule has 0 spiro atoms. The van der Waals surface area contributed by atoms with Crippen LogP contribution in [0.4, 0.5) is 0 Å². The van der Waals surface area contributed by atoms with Gasteiger partial charge >= 0.3 is 0 Å². The Morgan fingerprint density at radius 1 is 1.17 bits per heavy atom. The first-order valence-electron chi connectivity index (χ1n) is 6.77.